The number of nitro groups is 1. The molecule has 3 aromatic carbocycles. The van der Waals surface area contributed by atoms with Crippen LogP contribution in [0.1, 0.15) is 0 Å². The number of nitro benzene ring substituents is 1. The van der Waals surface area contributed by atoms with Crippen molar-refractivity contribution in [1.29, 1.82) is 0 Å². The van der Waals surface area contributed by atoms with E-state index in [0.29, 0.717) is 11.4 Å². The van der Waals surface area contributed by atoms with Gasteiger partial charge in [-0.25, -0.2) is 18.4 Å². The van der Waals surface area contributed by atoms with Crippen LogP contribution in [-0.2, 0) is 0 Å². The van der Waals surface area contributed by atoms with Crippen LogP contribution in [-0.4, -0.2) is 30.1 Å². The number of carbonyl (C=O) groups excluding carboxylic acids is 2. The number of amides is 4. The minimum Gasteiger partial charge on any atom is -0.336 e. The summed E-state index contributed by atoms with van der Waals surface area (Å²) in [5.41, 5.74) is 0.531. The number of nitrogens with zero attached hydrogens (tertiary/aromatic N) is 2. The van der Waals surface area contributed by atoms with Crippen molar-refractivity contribution in [2.24, 2.45) is 0 Å². The van der Waals surface area contributed by atoms with E-state index in [0.717, 1.165) is 0 Å². The molecule has 0 saturated heterocycles. The maximum absolute atomic E-state index is 13.9. The standard InChI is InChI=1S/C22H19F2N5O4/c23-15-5-9-17(10-6-15)28(22(31)27-20-4-2-1-3-19(20)24)14-13-25-21(30)26-16-7-11-18(12-8-16)29(32)33/h1-12H,13-14H2,(H,27,31)(H2,25,26,30). The number of benzene rings is 3. The molecule has 0 aromatic heterocycles. The highest BCUT2D eigenvalue weighted by Gasteiger charge is 2.18. The van der Waals surface area contributed by atoms with Crippen molar-refractivity contribution >= 4 is 34.8 Å². The van der Waals surface area contributed by atoms with Crippen LogP contribution in [0, 0.1) is 21.7 Å². The summed E-state index contributed by atoms with van der Waals surface area (Å²) in [5, 5.41) is 18.2. The van der Waals surface area contributed by atoms with Gasteiger partial charge in [0.25, 0.3) is 5.69 Å². The van der Waals surface area contributed by atoms with Crippen LogP contribution in [0.15, 0.2) is 72.8 Å². The molecule has 3 aromatic rings. The van der Waals surface area contributed by atoms with Crippen molar-refractivity contribution in [3.05, 3.63) is 94.5 Å². The molecule has 9 nitrogen and oxygen atoms in total. The number of non-ortho nitro benzene ring substituents is 1. The van der Waals surface area contributed by atoms with Gasteiger partial charge in [-0.05, 0) is 48.5 Å². The van der Waals surface area contributed by atoms with E-state index in [1.165, 1.54) is 71.6 Å². The van der Waals surface area contributed by atoms with E-state index in [-0.39, 0.29) is 24.5 Å². The molecule has 0 bridgehead atoms. The third-order valence-corrected chi connectivity index (χ3v) is 4.46. The Labute approximate surface area is 187 Å². The summed E-state index contributed by atoms with van der Waals surface area (Å²) in [6, 6.07) is 14.7. The molecule has 0 fully saturated rings. The summed E-state index contributed by atoms with van der Waals surface area (Å²) < 4.78 is 27.2. The highest BCUT2D eigenvalue weighted by atomic mass is 19.1. The first-order valence-corrected chi connectivity index (χ1v) is 9.71. The monoisotopic (exact) mass is 455 g/mol. The molecule has 170 valence electrons. The summed E-state index contributed by atoms with van der Waals surface area (Å²) >= 11 is 0. The second-order valence-electron chi connectivity index (χ2n) is 6.72. The molecule has 0 unspecified atom stereocenters. The second-order valence-corrected chi connectivity index (χ2v) is 6.72. The van der Waals surface area contributed by atoms with Gasteiger partial charge in [-0.15, -0.1) is 0 Å². The van der Waals surface area contributed by atoms with Crippen LogP contribution in [0.3, 0.4) is 0 Å². The van der Waals surface area contributed by atoms with Crippen LogP contribution in [0.5, 0.6) is 0 Å². The van der Waals surface area contributed by atoms with Crippen LogP contribution >= 0.6 is 0 Å². The van der Waals surface area contributed by atoms with Gasteiger partial charge < -0.3 is 16.0 Å². The van der Waals surface area contributed by atoms with Gasteiger partial charge in [0, 0.05) is 36.6 Å². The summed E-state index contributed by atoms with van der Waals surface area (Å²) in [4.78, 5) is 36.3. The molecular weight excluding hydrogens is 436 g/mol. The van der Waals surface area contributed by atoms with E-state index in [9.17, 15) is 28.5 Å². The molecule has 0 aliphatic heterocycles. The number of carbonyl (C=O) groups is 2. The molecule has 0 atom stereocenters. The van der Waals surface area contributed by atoms with Gasteiger partial charge in [-0.1, -0.05) is 12.1 Å². The highest BCUT2D eigenvalue weighted by molar-refractivity contribution is 6.01. The molecule has 0 radical (unpaired) electrons. The molecule has 0 saturated carbocycles. The molecule has 11 heteroatoms. The molecule has 0 spiro atoms. The van der Waals surface area contributed by atoms with E-state index in [1.807, 2.05) is 0 Å². The fourth-order valence-corrected chi connectivity index (χ4v) is 2.84. The largest absolute Gasteiger partial charge is 0.336 e. The van der Waals surface area contributed by atoms with Gasteiger partial charge in [0.2, 0.25) is 0 Å². The fourth-order valence-electron chi connectivity index (χ4n) is 2.84. The highest BCUT2D eigenvalue weighted by Crippen LogP contribution is 2.19. The number of para-hydroxylation sites is 1. The third-order valence-electron chi connectivity index (χ3n) is 4.46. The first-order valence-electron chi connectivity index (χ1n) is 9.71. The summed E-state index contributed by atoms with van der Waals surface area (Å²) in [5.74, 6) is -1.11. The zero-order chi connectivity index (χ0) is 23.8. The third kappa shape index (κ3) is 6.47. The normalized spacial score (nSPS) is 10.2. The van der Waals surface area contributed by atoms with Gasteiger partial charge in [0.1, 0.15) is 11.6 Å². The van der Waals surface area contributed by atoms with Gasteiger partial charge in [-0.3, -0.25) is 15.0 Å². The van der Waals surface area contributed by atoms with Gasteiger partial charge in [0.05, 0.1) is 10.6 Å². The van der Waals surface area contributed by atoms with Gasteiger partial charge in [0.15, 0.2) is 0 Å². The molecule has 0 aliphatic carbocycles. The predicted molar refractivity (Wildman–Crippen MR) is 119 cm³/mol. The fraction of sp³-hybridized carbons (Fsp3) is 0.0909. The Bertz CT molecular complexity index is 1140. The lowest BCUT2D eigenvalue weighted by molar-refractivity contribution is -0.384. The minimum atomic E-state index is -0.677. The van der Waals surface area contributed by atoms with E-state index >= 15 is 0 Å². The Kier molecular flexibility index (Phi) is 7.47. The maximum atomic E-state index is 13.9. The molecular formula is C22H19F2N5O4. The average Bonchev–Trinajstić information content (AvgIpc) is 2.79. The van der Waals surface area contributed by atoms with Crippen molar-refractivity contribution in [3.63, 3.8) is 0 Å². The number of anilines is 3. The Balaban J connectivity index is 1.63. The van der Waals surface area contributed by atoms with Crippen molar-refractivity contribution in [2.45, 2.75) is 0 Å². The lowest BCUT2D eigenvalue weighted by atomic mass is 10.2. The van der Waals surface area contributed by atoms with Crippen LogP contribution in [0.2, 0.25) is 0 Å². The molecule has 4 amide bonds. The summed E-state index contributed by atoms with van der Waals surface area (Å²) in [6.07, 6.45) is 0. The Morgan fingerprint density at radius 2 is 1.58 bits per heavy atom. The molecule has 0 aliphatic rings. The lowest BCUT2D eigenvalue weighted by Gasteiger charge is -2.23. The van der Waals surface area contributed by atoms with Gasteiger partial charge in [-0.2, -0.15) is 0 Å². The number of nitrogens with one attached hydrogen (secondary N) is 3. The van der Waals surface area contributed by atoms with E-state index in [4.69, 9.17) is 0 Å². The second kappa shape index (κ2) is 10.7. The predicted octanol–water partition coefficient (Wildman–Crippen LogP) is 4.73. The zero-order valence-electron chi connectivity index (χ0n) is 17.1. The van der Waals surface area contributed by atoms with Crippen molar-refractivity contribution in [3.8, 4) is 0 Å². The first-order chi connectivity index (χ1) is 15.8. The maximum Gasteiger partial charge on any atom is 0.326 e. The van der Waals surface area contributed by atoms with Crippen molar-refractivity contribution < 1.29 is 23.3 Å². The number of urea groups is 2. The smallest absolute Gasteiger partial charge is 0.326 e. The average molecular weight is 455 g/mol. The van der Waals surface area contributed by atoms with Gasteiger partial charge >= 0.3 is 12.1 Å². The first kappa shape index (κ1) is 23.1. The van der Waals surface area contributed by atoms with E-state index in [1.54, 1.807) is 6.07 Å². The molecule has 33 heavy (non-hydrogen) atoms. The quantitative estimate of drug-likeness (QED) is 0.353. The summed E-state index contributed by atoms with van der Waals surface area (Å²) in [7, 11) is 0. The Morgan fingerprint density at radius 3 is 2.21 bits per heavy atom. The number of rotatable bonds is 7. The van der Waals surface area contributed by atoms with E-state index in [2.05, 4.69) is 16.0 Å². The van der Waals surface area contributed by atoms with E-state index < -0.39 is 28.6 Å². The molecule has 3 rings (SSSR count). The Morgan fingerprint density at radius 1 is 0.909 bits per heavy atom. The number of hydrogen-bond donors (Lipinski definition) is 3. The van der Waals surface area contributed by atoms with Crippen LogP contribution < -0.4 is 20.9 Å². The minimum absolute atomic E-state index is 0.000876. The molecule has 0 heterocycles. The number of halogens is 2. The Hall–Kier alpha value is -4.54. The zero-order valence-corrected chi connectivity index (χ0v) is 17.1. The SMILES string of the molecule is O=C(NCCN(C(=O)Nc1ccccc1F)c1ccc(F)cc1)Nc1ccc([N+](=O)[O-])cc1. The summed E-state index contributed by atoms with van der Waals surface area (Å²) in [6.45, 7) is -0.0134. The van der Waals surface area contributed by atoms with Crippen LogP contribution in [0.4, 0.5) is 41.1 Å². The topological polar surface area (TPSA) is 117 Å². The van der Waals surface area contributed by atoms with Crippen molar-refractivity contribution in [2.75, 3.05) is 28.6 Å². The lowest BCUT2D eigenvalue weighted by Crippen LogP contribution is -2.42. The number of hydrogen-bond acceptors (Lipinski definition) is 4. The van der Waals surface area contributed by atoms with Crippen LogP contribution in [0.25, 0.3) is 0 Å². The van der Waals surface area contributed by atoms with Crippen molar-refractivity contribution in [1.82, 2.24) is 5.32 Å². The molecule has 3 N–H and O–H groups in total.